The van der Waals surface area contributed by atoms with Crippen molar-refractivity contribution in [2.24, 2.45) is 0 Å². The fourth-order valence-electron chi connectivity index (χ4n) is 2.92. The van der Waals surface area contributed by atoms with Crippen LogP contribution >= 0.6 is 0 Å². The molecular formula is C16H24N2O3. The molecule has 0 aliphatic carbocycles. The quantitative estimate of drug-likeness (QED) is 0.901. The van der Waals surface area contributed by atoms with Gasteiger partial charge >= 0.3 is 0 Å². The van der Waals surface area contributed by atoms with E-state index in [4.69, 9.17) is 9.47 Å². The third-order valence-electron chi connectivity index (χ3n) is 3.97. The number of rotatable bonds is 5. The molecule has 1 aliphatic heterocycles. The molecule has 1 aromatic rings. The molecule has 1 N–H and O–H groups in total. The van der Waals surface area contributed by atoms with Gasteiger partial charge in [0.1, 0.15) is 17.1 Å². The molecule has 0 saturated carbocycles. The number of nitrogens with zero attached hydrogens (tertiary/aromatic N) is 1. The van der Waals surface area contributed by atoms with Crippen molar-refractivity contribution in [1.82, 2.24) is 10.2 Å². The number of ether oxygens (including phenoxy) is 2. The first-order valence-electron chi connectivity index (χ1n) is 7.39. The van der Waals surface area contributed by atoms with Crippen molar-refractivity contribution in [3.05, 3.63) is 23.8 Å². The summed E-state index contributed by atoms with van der Waals surface area (Å²) in [5, 5.41) is 3.17. The van der Waals surface area contributed by atoms with E-state index in [0.717, 1.165) is 25.9 Å². The van der Waals surface area contributed by atoms with Gasteiger partial charge in [0.25, 0.3) is 5.91 Å². The highest BCUT2D eigenvalue weighted by molar-refractivity contribution is 6.00. The second-order valence-corrected chi connectivity index (χ2v) is 5.24. The van der Waals surface area contributed by atoms with Crippen LogP contribution in [0.4, 0.5) is 0 Å². The van der Waals surface area contributed by atoms with Crippen molar-refractivity contribution in [3.8, 4) is 11.5 Å². The number of carbonyl (C=O) groups excluding carboxylic acids is 1. The first-order valence-corrected chi connectivity index (χ1v) is 7.39. The second-order valence-electron chi connectivity index (χ2n) is 5.24. The predicted octanol–water partition coefficient (Wildman–Crippen LogP) is 1.92. The average Bonchev–Trinajstić information content (AvgIpc) is 2.54. The van der Waals surface area contributed by atoms with E-state index in [1.165, 1.54) is 6.42 Å². The highest BCUT2D eigenvalue weighted by atomic mass is 16.5. The van der Waals surface area contributed by atoms with Crippen LogP contribution in [0.3, 0.4) is 0 Å². The van der Waals surface area contributed by atoms with E-state index < -0.39 is 0 Å². The SMILES string of the molecule is CNCC1CCCCN1C(=O)c1c(OC)cccc1OC. The van der Waals surface area contributed by atoms with E-state index in [9.17, 15) is 4.79 Å². The molecule has 1 heterocycles. The third kappa shape index (κ3) is 3.29. The van der Waals surface area contributed by atoms with Gasteiger partial charge in [0, 0.05) is 19.1 Å². The Morgan fingerprint density at radius 3 is 2.52 bits per heavy atom. The van der Waals surface area contributed by atoms with Crippen LogP contribution in [-0.2, 0) is 0 Å². The Morgan fingerprint density at radius 2 is 1.95 bits per heavy atom. The van der Waals surface area contributed by atoms with Crippen LogP contribution < -0.4 is 14.8 Å². The number of hydrogen-bond donors (Lipinski definition) is 1. The van der Waals surface area contributed by atoms with Crippen LogP contribution in [0.15, 0.2) is 18.2 Å². The van der Waals surface area contributed by atoms with E-state index in [2.05, 4.69) is 5.32 Å². The van der Waals surface area contributed by atoms with Crippen molar-refractivity contribution in [1.29, 1.82) is 0 Å². The van der Waals surface area contributed by atoms with E-state index in [0.29, 0.717) is 17.1 Å². The lowest BCUT2D eigenvalue weighted by molar-refractivity contribution is 0.0608. The number of likely N-dealkylation sites (N-methyl/N-ethyl adjacent to an activating group) is 1. The van der Waals surface area contributed by atoms with Gasteiger partial charge in [0.05, 0.1) is 14.2 Å². The summed E-state index contributed by atoms with van der Waals surface area (Å²) in [5.74, 6) is 1.12. The maximum absolute atomic E-state index is 13.0. The first-order chi connectivity index (χ1) is 10.2. The zero-order chi connectivity index (χ0) is 15.2. The van der Waals surface area contributed by atoms with Crippen LogP contribution in [0.2, 0.25) is 0 Å². The molecule has 1 aromatic carbocycles. The Morgan fingerprint density at radius 1 is 1.29 bits per heavy atom. The number of piperidine rings is 1. The Bertz CT molecular complexity index is 466. The predicted molar refractivity (Wildman–Crippen MR) is 82.1 cm³/mol. The zero-order valence-corrected chi connectivity index (χ0v) is 13.0. The molecule has 1 atom stereocenters. The van der Waals surface area contributed by atoms with Crippen molar-refractivity contribution < 1.29 is 14.3 Å². The molecule has 1 aliphatic rings. The molecule has 1 saturated heterocycles. The monoisotopic (exact) mass is 292 g/mol. The Balaban J connectivity index is 2.33. The van der Waals surface area contributed by atoms with Gasteiger partial charge < -0.3 is 19.7 Å². The lowest BCUT2D eigenvalue weighted by atomic mass is 10.00. The summed E-state index contributed by atoms with van der Waals surface area (Å²) in [7, 11) is 5.07. The van der Waals surface area contributed by atoms with Crippen LogP contribution in [0, 0.1) is 0 Å². The number of hydrogen-bond acceptors (Lipinski definition) is 4. The fourth-order valence-corrected chi connectivity index (χ4v) is 2.92. The summed E-state index contributed by atoms with van der Waals surface area (Å²) in [4.78, 5) is 14.9. The molecule has 1 amide bonds. The smallest absolute Gasteiger partial charge is 0.261 e. The maximum atomic E-state index is 13.0. The van der Waals surface area contributed by atoms with E-state index in [-0.39, 0.29) is 11.9 Å². The molecule has 0 aromatic heterocycles. The van der Waals surface area contributed by atoms with Gasteiger partial charge in [-0.25, -0.2) is 0 Å². The molecule has 1 fully saturated rings. The molecule has 116 valence electrons. The number of benzene rings is 1. The van der Waals surface area contributed by atoms with Gasteiger partial charge in [-0.3, -0.25) is 4.79 Å². The molecule has 5 heteroatoms. The van der Waals surface area contributed by atoms with Crippen LogP contribution in [0.25, 0.3) is 0 Å². The molecule has 2 rings (SSSR count). The average molecular weight is 292 g/mol. The summed E-state index contributed by atoms with van der Waals surface area (Å²) in [6.07, 6.45) is 3.24. The lowest BCUT2D eigenvalue weighted by Gasteiger charge is -2.36. The zero-order valence-electron chi connectivity index (χ0n) is 13.0. The maximum Gasteiger partial charge on any atom is 0.261 e. The highest BCUT2D eigenvalue weighted by Gasteiger charge is 2.30. The van der Waals surface area contributed by atoms with E-state index in [1.54, 1.807) is 26.4 Å². The largest absolute Gasteiger partial charge is 0.496 e. The molecule has 0 bridgehead atoms. The minimum absolute atomic E-state index is 0.00995. The van der Waals surface area contributed by atoms with Crippen molar-refractivity contribution in [2.75, 3.05) is 34.4 Å². The number of methoxy groups -OCH3 is 2. The Labute approximate surface area is 126 Å². The van der Waals surface area contributed by atoms with E-state index >= 15 is 0 Å². The molecule has 0 spiro atoms. The molecule has 1 unspecified atom stereocenters. The second kappa shape index (κ2) is 7.31. The van der Waals surface area contributed by atoms with Crippen molar-refractivity contribution in [2.45, 2.75) is 25.3 Å². The number of nitrogens with one attached hydrogen (secondary N) is 1. The molecule has 5 nitrogen and oxygen atoms in total. The highest BCUT2D eigenvalue weighted by Crippen LogP contribution is 2.31. The van der Waals surface area contributed by atoms with Crippen LogP contribution in [0.5, 0.6) is 11.5 Å². The van der Waals surface area contributed by atoms with Crippen LogP contribution in [0.1, 0.15) is 29.6 Å². The van der Waals surface area contributed by atoms with Crippen molar-refractivity contribution >= 4 is 5.91 Å². The Hall–Kier alpha value is -1.75. The molecular weight excluding hydrogens is 268 g/mol. The Kier molecular flexibility index (Phi) is 5.44. The third-order valence-corrected chi connectivity index (χ3v) is 3.97. The standard InChI is InChI=1S/C16H24N2O3/c1-17-11-12-7-4-5-10-18(12)16(19)15-13(20-2)8-6-9-14(15)21-3/h6,8-9,12,17H,4-5,7,10-11H2,1-3H3. The number of likely N-dealkylation sites (tertiary alicyclic amines) is 1. The van der Waals surface area contributed by atoms with Gasteiger partial charge in [0.2, 0.25) is 0 Å². The number of amides is 1. The molecule has 21 heavy (non-hydrogen) atoms. The summed E-state index contributed by atoms with van der Waals surface area (Å²) < 4.78 is 10.7. The first kappa shape index (κ1) is 15.6. The van der Waals surface area contributed by atoms with Gasteiger partial charge in [-0.15, -0.1) is 0 Å². The minimum Gasteiger partial charge on any atom is -0.496 e. The van der Waals surface area contributed by atoms with Crippen molar-refractivity contribution in [3.63, 3.8) is 0 Å². The van der Waals surface area contributed by atoms with Gasteiger partial charge in [-0.2, -0.15) is 0 Å². The summed E-state index contributed by atoms with van der Waals surface area (Å²) >= 11 is 0. The summed E-state index contributed by atoms with van der Waals surface area (Å²) in [6.45, 7) is 1.59. The van der Waals surface area contributed by atoms with Crippen LogP contribution in [-0.4, -0.2) is 51.2 Å². The molecule has 0 radical (unpaired) electrons. The van der Waals surface area contributed by atoms with Gasteiger partial charge in [-0.1, -0.05) is 6.07 Å². The lowest BCUT2D eigenvalue weighted by Crippen LogP contribution is -2.48. The van der Waals surface area contributed by atoms with Gasteiger partial charge in [0.15, 0.2) is 0 Å². The van der Waals surface area contributed by atoms with Gasteiger partial charge in [-0.05, 0) is 38.4 Å². The normalized spacial score (nSPS) is 18.4. The topological polar surface area (TPSA) is 50.8 Å². The minimum atomic E-state index is -0.00995. The van der Waals surface area contributed by atoms with E-state index in [1.807, 2.05) is 18.0 Å². The number of carbonyl (C=O) groups is 1. The fraction of sp³-hybridized carbons (Fsp3) is 0.562. The summed E-state index contributed by atoms with van der Waals surface area (Å²) in [6, 6.07) is 5.65. The summed E-state index contributed by atoms with van der Waals surface area (Å²) in [5.41, 5.74) is 0.519.